The number of halogens is 1. The average Bonchev–Trinajstić information content (AvgIpc) is 2.96. The first-order valence-electron chi connectivity index (χ1n) is 7.41. The molecule has 7 heteroatoms. The third-order valence-electron chi connectivity index (χ3n) is 3.86. The smallest absolute Gasteiger partial charge is 0.269 e. The molecule has 0 spiro atoms. The van der Waals surface area contributed by atoms with Crippen LogP contribution in [-0.4, -0.2) is 35.5 Å². The van der Waals surface area contributed by atoms with E-state index in [9.17, 15) is 10.1 Å². The summed E-state index contributed by atoms with van der Waals surface area (Å²) in [4.78, 5) is 12.6. The van der Waals surface area contributed by atoms with Crippen LogP contribution < -0.4 is 5.32 Å². The molecular formula is C16H20ClN3O3. The lowest BCUT2D eigenvalue weighted by Crippen LogP contribution is -2.48. The Hall–Kier alpha value is -1.89. The Bertz CT molecular complexity index is 657. The van der Waals surface area contributed by atoms with Crippen molar-refractivity contribution in [3.05, 3.63) is 52.3 Å². The van der Waals surface area contributed by atoms with Crippen LogP contribution in [-0.2, 0) is 6.54 Å². The number of nitro benzene ring substituents is 1. The van der Waals surface area contributed by atoms with Gasteiger partial charge in [0.05, 0.1) is 11.5 Å². The van der Waals surface area contributed by atoms with Crippen molar-refractivity contribution in [3.8, 4) is 11.3 Å². The second kappa shape index (κ2) is 7.59. The molecule has 3 rings (SSSR count). The molecular weight excluding hydrogens is 318 g/mol. The lowest BCUT2D eigenvalue weighted by atomic mass is 10.1. The fourth-order valence-corrected chi connectivity index (χ4v) is 2.74. The second-order valence-electron chi connectivity index (χ2n) is 5.66. The first-order valence-corrected chi connectivity index (χ1v) is 7.41. The summed E-state index contributed by atoms with van der Waals surface area (Å²) in [6.07, 6.45) is 0. The third kappa shape index (κ3) is 4.31. The number of benzene rings is 1. The minimum atomic E-state index is -0.400. The Kier molecular flexibility index (Phi) is 5.76. The predicted octanol–water partition coefficient (Wildman–Crippen LogP) is 3.07. The minimum Gasteiger partial charge on any atom is -0.460 e. The molecule has 0 saturated carbocycles. The molecule has 2 aromatic rings. The molecule has 1 N–H and O–H groups in total. The van der Waals surface area contributed by atoms with Crippen LogP contribution in [0.25, 0.3) is 11.3 Å². The number of nitrogens with one attached hydrogen (secondary N) is 1. The zero-order chi connectivity index (χ0) is 15.5. The highest BCUT2D eigenvalue weighted by Crippen LogP contribution is 2.25. The van der Waals surface area contributed by atoms with E-state index in [1.54, 1.807) is 12.1 Å². The molecule has 1 saturated heterocycles. The fraction of sp³-hybridized carbons (Fsp3) is 0.375. The van der Waals surface area contributed by atoms with Crippen LogP contribution >= 0.6 is 12.4 Å². The van der Waals surface area contributed by atoms with Crippen molar-refractivity contribution in [2.24, 2.45) is 0 Å². The summed E-state index contributed by atoms with van der Waals surface area (Å²) in [6.45, 7) is 5.98. The molecule has 124 valence electrons. The Balaban J connectivity index is 0.00000192. The number of hydrogen-bond donors (Lipinski definition) is 1. The average molecular weight is 338 g/mol. The molecule has 1 aromatic heterocycles. The van der Waals surface area contributed by atoms with Crippen LogP contribution in [0.3, 0.4) is 0 Å². The summed E-state index contributed by atoms with van der Waals surface area (Å²) in [5, 5.41) is 14.1. The van der Waals surface area contributed by atoms with Crippen molar-refractivity contribution in [2.75, 3.05) is 19.6 Å². The van der Waals surface area contributed by atoms with E-state index in [0.717, 1.165) is 43.3 Å². The van der Waals surface area contributed by atoms with E-state index >= 15 is 0 Å². The van der Waals surface area contributed by atoms with Crippen molar-refractivity contribution < 1.29 is 9.34 Å². The van der Waals surface area contributed by atoms with Crippen molar-refractivity contribution in [2.45, 2.75) is 19.5 Å². The normalized spacial score (nSPS) is 18.4. The van der Waals surface area contributed by atoms with Crippen LogP contribution in [0.2, 0.25) is 0 Å². The van der Waals surface area contributed by atoms with Crippen molar-refractivity contribution in [1.82, 2.24) is 10.2 Å². The van der Waals surface area contributed by atoms with E-state index in [1.807, 2.05) is 12.1 Å². The van der Waals surface area contributed by atoms with Gasteiger partial charge in [0.1, 0.15) is 11.5 Å². The van der Waals surface area contributed by atoms with Gasteiger partial charge >= 0.3 is 0 Å². The van der Waals surface area contributed by atoms with E-state index in [1.165, 1.54) is 12.1 Å². The number of rotatable bonds is 4. The monoisotopic (exact) mass is 337 g/mol. The summed E-state index contributed by atoms with van der Waals surface area (Å²) >= 11 is 0. The number of piperazine rings is 1. The Morgan fingerprint density at radius 1 is 1.30 bits per heavy atom. The fourth-order valence-electron chi connectivity index (χ4n) is 2.74. The van der Waals surface area contributed by atoms with Gasteiger partial charge in [-0.05, 0) is 31.2 Å². The summed E-state index contributed by atoms with van der Waals surface area (Å²) < 4.78 is 5.88. The number of nitro groups is 1. The lowest BCUT2D eigenvalue weighted by molar-refractivity contribution is -0.384. The van der Waals surface area contributed by atoms with Gasteiger partial charge in [0.25, 0.3) is 5.69 Å². The molecule has 1 aliphatic rings. The maximum Gasteiger partial charge on any atom is 0.269 e. The van der Waals surface area contributed by atoms with Crippen LogP contribution in [0.4, 0.5) is 5.69 Å². The molecule has 23 heavy (non-hydrogen) atoms. The van der Waals surface area contributed by atoms with Gasteiger partial charge in [-0.3, -0.25) is 15.0 Å². The van der Waals surface area contributed by atoms with Crippen molar-refractivity contribution in [1.29, 1.82) is 0 Å². The molecule has 0 bridgehead atoms. The van der Waals surface area contributed by atoms with Gasteiger partial charge in [-0.15, -0.1) is 12.4 Å². The van der Waals surface area contributed by atoms with Gasteiger partial charge in [-0.2, -0.15) is 0 Å². The van der Waals surface area contributed by atoms with Crippen molar-refractivity contribution in [3.63, 3.8) is 0 Å². The van der Waals surface area contributed by atoms with Crippen LogP contribution in [0.5, 0.6) is 0 Å². The van der Waals surface area contributed by atoms with E-state index in [2.05, 4.69) is 17.1 Å². The van der Waals surface area contributed by atoms with Gasteiger partial charge in [0.2, 0.25) is 0 Å². The molecule has 1 aliphatic heterocycles. The SMILES string of the molecule is C[C@@H]1CN(Cc2ccc(-c3ccc([N+](=O)[O-])cc3)o2)CCN1.Cl. The van der Waals surface area contributed by atoms with E-state index in [4.69, 9.17) is 4.42 Å². The molecule has 1 aromatic carbocycles. The molecule has 6 nitrogen and oxygen atoms in total. The first-order chi connectivity index (χ1) is 10.6. The second-order valence-corrected chi connectivity index (χ2v) is 5.66. The summed E-state index contributed by atoms with van der Waals surface area (Å²) in [5.41, 5.74) is 0.941. The molecule has 2 heterocycles. The van der Waals surface area contributed by atoms with Gasteiger partial charge in [-0.1, -0.05) is 0 Å². The number of furan rings is 1. The molecule has 0 unspecified atom stereocenters. The van der Waals surface area contributed by atoms with Gasteiger partial charge in [0.15, 0.2) is 0 Å². The van der Waals surface area contributed by atoms with Crippen LogP contribution in [0.1, 0.15) is 12.7 Å². The van der Waals surface area contributed by atoms with Gasteiger partial charge < -0.3 is 9.73 Å². The zero-order valence-corrected chi connectivity index (χ0v) is 13.7. The molecule has 1 atom stereocenters. The summed E-state index contributed by atoms with van der Waals surface area (Å²) in [5.74, 6) is 1.66. The summed E-state index contributed by atoms with van der Waals surface area (Å²) in [7, 11) is 0. The Morgan fingerprint density at radius 3 is 2.70 bits per heavy atom. The maximum absolute atomic E-state index is 10.7. The van der Waals surface area contributed by atoms with E-state index < -0.39 is 4.92 Å². The largest absolute Gasteiger partial charge is 0.460 e. The highest BCUT2D eigenvalue weighted by atomic mass is 35.5. The van der Waals surface area contributed by atoms with Gasteiger partial charge in [0, 0.05) is 43.4 Å². The molecule has 0 radical (unpaired) electrons. The van der Waals surface area contributed by atoms with Crippen LogP contribution in [0.15, 0.2) is 40.8 Å². The van der Waals surface area contributed by atoms with E-state index in [-0.39, 0.29) is 18.1 Å². The number of nitrogens with zero attached hydrogens (tertiary/aromatic N) is 2. The Labute approximate surface area is 141 Å². The van der Waals surface area contributed by atoms with E-state index in [0.29, 0.717) is 6.04 Å². The minimum absolute atomic E-state index is 0. The number of hydrogen-bond acceptors (Lipinski definition) is 5. The third-order valence-corrected chi connectivity index (χ3v) is 3.86. The maximum atomic E-state index is 10.7. The number of non-ortho nitro benzene ring substituents is 1. The topological polar surface area (TPSA) is 71.5 Å². The predicted molar refractivity (Wildman–Crippen MR) is 90.8 cm³/mol. The van der Waals surface area contributed by atoms with Crippen molar-refractivity contribution >= 4 is 18.1 Å². The molecule has 1 fully saturated rings. The quantitative estimate of drug-likeness (QED) is 0.685. The lowest BCUT2D eigenvalue weighted by Gasteiger charge is -2.31. The molecule has 0 amide bonds. The zero-order valence-electron chi connectivity index (χ0n) is 12.9. The molecule has 0 aliphatic carbocycles. The standard InChI is InChI=1S/C16H19N3O3.ClH/c1-12-10-18(9-8-17-12)11-15-6-7-16(22-15)13-2-4-14(5-3-13)19(20)21;/h2-7,12,17H,8-11H2,1H3;1H/t12-;/m1./s1. The Morgan fingerprint density at radius 2 is 2.04 bits per heavy atom. The van der Waals surface area contributed by atoms with Gasteiger partial charge in [-0.25, -0.2) is 0 Å². The summed E-state index contributed by atoms with van der Waals surface area (Å²) in [6, 6.07) is 10.8. The highest BCUT2D eigenvalue weighted by Gasteiger charge is 2.17. The highest BCUT2D eigenvalue weighted by molar-refractivity contribution is 5.85. The first kappa shape index (κ1) is 17.5. The van der Waals surface area contributed by atoms with Crippen LogP contribution in [0, 0.1) is 10.1 Å².